The highest BCUT2D eigenvalue weighted by atomic mass is 35.5. The number of nitrogens with one attached hydrogen (secondary N) is 1. The molecule has 5 heteroatoms. The number of pyridine rings is 1. The summed E-state index contributed by atoms with van der Waals surface area (Å²) in [6, 6.07) is 8.37. The van der Waals surface area contributed by atoms with Crippen LogP contribution in [0.4, 0.5) is 5.69 Å². The van der Waals surface area contributed by atoms with Gasteiger partial charge in [-0.2, -0.15) is 0 Å². The monoisotopic (exact) mass is 285 g/mol. The zero-order valence-corrected chi connectivity index (χ0v) is 11.3. The molecule has 1 amide bonds. The number of carbonyl (C=O) groups excluding carboxylic acids is 1. The fraction of sp³-hybridized carbons (Fsp3) is 0.0667. The van der Waals surface area contributed by atoms with Crippen LogP contribution in [-0.4, -0.2) is 17.4 Å². The summed E-state index contributed by atoms with van der Waals surface area (Å²) in [4.78, 5) is 15.9. The van der Waals surface area contributed by atoms with E-state index in [2.05, 4.69) is 22.1 Å². The summed E-state index contributed by atoms with van der Waals surface area (Å²) in [5.41, 5.74) is 7.09. The van der Waals surface area contributed by atoms with Crippen molar-refractivity contribution in [2.24, 2.45) is 5.73 Å². The zero-order valence-electron chi connectivity index (χ0n) is 10.6. The summed E-state index contributed by atoms with van der Waals surface area (Å²) in [6.45, 7) is 0.264. The van der Waals surface area contributed by atoms with E-state index in [-0.39, 0.29) is 12.5 Å². The molecule has 3 N–H and O–H groups in total. The fourth-order valence-corrected chi connectivity index (χ4v) is 1.77. The van der Waals surface area contributed by atoms with Crippen LogP contribution in [0.25, 0.3) is 0 Å². The number of halogens is 1. The van der Waals surface area contributed by atoms with Gasteiger partial charge in [0, 0.05) is 29.2 Å². The molecule has 0 atom stereocenters. The topological polar surface area (TPSA) is 68.0 Å². The maximum Gasteiger partial charge on any atom is 0.255 e. The van der Waals surface area contributed by atoms with E-state index in [4.69, 9.17) is 17.3 Å². The number of rotatable bonds is 2. The number of nitrogens with two attached hydrogens (primary N) is 1. The minimum absolute atomic E-state index is 0.239. The predicted molar refractivity (Wildman–Crippen MR) is 79.6 cm³/mol. The van der Waals surface area contributed by atoms with Crippen LogP contribution >= 0.6 is 11.6 Å². The molecule has 2 aromatic rings. The second kappa shape index (κ2) is 6.71. The summed E-state index contributed by atoms with van der Waals surface area (Å²) >= 11 is 6.08. The lowest BCUT2D eigenvalue weighted by molar-refractivity contribution is 0.102. The molecule has 0 aliphatic heterocycles. The molecule has 0 bridgehead atoms. The Kier molecular flexibility index (Phi) is 4.72. The smallest absolute Gasteiger partial charge is 0.255 e. The third-order valence-electron chi connectivity index (χ3n) is 2.49. The highest BCUT2D eigenvalue weighted by Gasteiger charge is 2.08. The van der Waals surface area contributed by atoms with Crippen molar-refractivity contribution in [2.45, 2.75) is 0 Å². The zero-order chi connectivity index (χ0) is 14.4. The van der Waals surface area contributed by atoms with Crippen molar-refractivity contribution in [2.75, 3.05) is 11.9 Å². The summed E-state index contributed by atoms with van der Waals surface area (Å²) in [6.07, 6.45) is 3.21. The first-order valence-corrected chi connectivity index (χ1v) is 6.28. The van der Waals surface area contributed by atoms with Crippen LogP contribution in [0.2, 0.25) is 5.02 Å². The standard InChI is InChI=1S/C15H12ClN3O/c16-14-10-12(4-3-11(14)2-1-7-17)15(20)19-13-5-8-18-9-6-13/h3-6,8-10H,7,17H2,(H,18,19,20). The minimum atomic E-state index is -0.239. The number of anilines is 1. The van der Waals surface area contributed by atoms with Gasteiger partial charge in [-0.3, -0.25) is 9.78 Å². The van der Waals surface area contributed by atoms with Gasteiger partial charge in [0.1, 0.15) is 0 Å². The van der Waals surface area contributed by atoms with Gasteiger partial charge in [0.05, 0.1) is 11.6 Å². The first-order chi connectivity index (χ1) is 9.70. The van der Waals surface area contributed by atoms with Gasteiger partial charge in [0.2, 0.25) is 0 Å². The average molecular weight is 286 g/mol. The van der Waals surface area contributed by atoms with Crippen LogP contribution in [0.3, 0.4) is 0 Å². The van der Waals surface area contributed by atoms with Crippen LogP contribution in [0.5, 0.6) is 0 Å². The van der Waals surface area contributed by atoms with Crippen LogP contribution in [0.1, 0.15) is 15.9 Å². The molecule has 0 aliphatic carbocycles. The molecule has 4 nitrogen and oxygen atoms in total. The third-order valence-corrected chi connectivity index (χ3v) is 2.81. The second-order valence-electron chi connectivity index (χ2n) is 3.89. The molecular formula is C15H12ClN3O. The van der Waals surface area contributed by atoms with Crippen molar-refractivity contribution < 1.29 is 4.79 Å². The molecule has 0 saturated heterocycles. The van der Waals surface area contributed by atoms with E-state index < -0.39 is 0 Å². The van der Waals surface area contributed by atoms with Gasteiger partial charge in [-0.05, 0) is 30.3 Å². The summed E-state index contributed by atoms with van der Waals surface area (Å²) in [5.74, 6) is 5.32. The van der Waals surface area contributed by atoms with Crippen LogP contribution in [0, 0.1) is 11.8 Å². The van der Waals surface area contributed by atoms with Crippen molar-refractivity contribution >= 4 is 23.2 Å². The molecule has 100 valence electrons. The maximum atomic E-state index is 12.0. The SMILES string of the molecule is NCC#Cc1ccc(C(=O)Nc2ccncc2)cc1Cl. The lowest BCUT2D eigenvalue weighted by Crippen LogP contribution is -2.11. The quantitative estimate of drug-likeness (QED) is 0.832. The number of aromatic nitrogens is 1. The second-order valence-corrected chi connectivity index (χ2v) is 4.30. The predicted octanol–water partition coefficient (Wildman–Crippen LogP) is 2.30. The van der Waals surface area contributed by atoms with Crippen molar-refractivity contribution in [3.8, 4) is 11.8 Å². The van der Waals surface area contributed by atoms with Crippen molar-refractivity contribution in [1.82, 2.24) is 4.98 Å². The maximum absolute atomic E-state index is 12.0. The van der Waals surface area contributed by atoms with E-state index in [1.807, 2.05) is 0 Å². The van der Waals surface area contributed by atoms with Gasteiger partial charge in [-0.25, -0.2) is 0 Å². The van der Waals surface area contributed by atoms with Gasteiger partial charge < -0.3 is 11.1 Å². The van der Waals surface area contributed by atoms with Gasteiger partial charge in [0.25, 0.3) is 5.91 Å². The average Bonchev–Trinajstić information content (AvgIpc) is 2.47. The Morgan fingerprint density at radius 2 is 2.05 bits per heavy atom. The number of benzene rings is 1. The Morgan fingerprint density at radius 1 is 1.30 bits per heavy atom. The van der Waals surface area contributed by atoms with Crippen molar-refractivity contribution in [1.29, 1.82) is 0 Å². The van der Waals surface area contributed by atoms with E-state index in [1.165, 1.54) is 0 Å². The van der Waals surface area contributed by atoms with Crippen molar-refractivity contribution in [3.05, 3.63) is 58.9 Å². The fourth-order valence-electron chi connectivity index (χ4n) is 1.54. The Hall–Kier alpha value is -2.35. The molecule has 0 radical (unpaired) electrons. The molecule has 2 rings (SSSR count). The highest BCUT2D eigenvalue weighted by molar-refractivity contribution is 6.32. The highest BCUT2D eigenvalue weighted by Crippen LogP contribution is 2.18. The lowest BCUT2D eigenvalue weighted by atomic mass is 10.1. The molecule has 0 spiro atoms. The molecule has 0 saturated carbocycles. The van der Waals surface area contributed by atoms with E-state index in [1.54, 1.807) is 42.7 Å². The molecule has 20 heavy (non-hydrogen) atoms. The van der Waals surface area contributed by atoms with E-state index >= 15 is 0 Å². The van der Waals surface area contributed by atoms with E-state index in [9.17, 15) is 4.79 Å². The summed E-state index contributed by atoms with van der Waals surface area (Å²) < 4.78 is 0. The van der Waals surface area contributed by atoms with Crippen LogP contribution in [-0.2, 0) is 0 Å². The lowest BCUT2D eigenvalue weighted by Gasteiger charge is -2.05. The molecule has 1 heterocycles. The summed E-state index contributed by atoms with van der Waals surface area (Å²) in [7, 11) is 0. The molecule has 0 aliphatic rings. The Bertz CT molecular complexity index is 675. The third kappa shape index (κ3) is 3.58. The Balaban J connectivity index is 2.17. The van der Waals surface area contributed by atoms with Crippen LogP contribution < -0.4 is 11.1 Å². The normalized spacial score (nSPS) is 9.50. The number of amides is 1. The van der Waals surface area contributed by atoms with Crippen molar-refractivity contribution in [3.63, 3.8) is 0 Å². The molecular weight excluding hydrogens is 274 g/mol. The number of nitrogens with zero attached hydrogens (tertiary/aromatic N) is 1. The van der Waals surface area contributed by atoms with Gasteiger partial charge in [0.15, 0.2) is 0 Å². The van der Waals surface area contributed by atoms with E-state index in [0.717, 1.165) is 0 Å². The number of carbonyl (C=O) groups is 1. The molecule has 1 aromatic carbocycles. The first kappa shape index (κ1) is 14.1. The molecule has 0 unspecified atom stereocenters. The van der Waals surface area contributed by atoms with Gasteiger partial charge in [-0.1, -0.05) is 23.4 Å². The van der Waals surface area contributed by atoms with Gasteiger partial charge in [-0.15, -0.1) is 0 Å². The number of hydrogen-bond acceptors (Lipinski definition) is 3. The molecule has 1 aromatic heterocycles. The minimum Gasteiger partial charge on any atom is -0.322 e. The first-order valence-electron chi connectivity index (χ1n) is 5.90. The number of hydrogen-bond donors (Lipinski definition) is 2. The summed E-state index contributed by atoms with van der Waals surface area (Å²) in [5, 5.41) is 3.18. The molecule has 0 fully saturated rings. The van der Waals surface area contributed by atoms with Crippen LogP contribution in [0.15, 0.2) is 42.7 Å². The Morgan fingerprint density at radius 3 is 2.70 bits per heavy atom. The largest absolute Gasteiger partial charge is 0.322 e. The Labute approximate surface area is 122 Å². The van der Waals surface area contributed by atoms with E-state index in [0.29, 0.717) is 21.8 Å². The van der Waals surface area contributed by atoms with Gasteiger partial charge >= 0.3 is 0 Å².